The van der Waals surface area contributed by atoms with E-state index in [1.54, 1.807) is 13.8 Å². The molecule has 0 saturated carbocycles. The Bertz CT molecular complexity index is 1070. The van der Waals surface area contributed by atoms with Crippen LogP contribution in [0.5, 0.6) is 5.75 Å². The molecule has 0 unspecified atom stereocenters. The van der Waals surface area contributed by atoms with Gasteiger partial charge in [0, 0.05) is 18.0 Å². The molecule has 1 aliphatic heterocycles. The first-order valence-electron chi connectivity index (χ1n) is 7.34. The van der Waals surface area contributed by atoms with E-state index in [2.05, 4.69) is 4.98 Å². The van der Waals surface area contributed by atoms with Crippen molar-refractivity contribution in [2.24, 2.45) is 0 Å². The molecule has 10 heteroatoms. The number of rotatable bonds is 2. The van der Waals surface area contributed by atoms with Gasteiger partial charge in [0.25, 0.3) is 9.84 Å². The Morgan fingerprint density at radius 3 is 2.54 bits per heavy atom. The molecule has 26 heavy (non-hydrogen) atoms. The molecule has 0 fully saturated rings. The number of nitrogens with zero attached hydrogens (tertiary/aromatic N) is 2. The molecule has 1 aromatic heterocycles. The average Bonchev–Trinajstić information content (AvgIpc) is 2.52. The van der Waals surface area contributed by atoms with Crippen LogP contribution in [0.3, 0.4) is 0 Å². The lowest BCUT2D eigenvalue weighted by Crippen LogP contribution is -2.33. The molecule has 0 bridgehead atoms. The minimum absolute atomic E-state index is 0.0461. The largest absolute Gasteiger partial charge is 0.501 e. The molecule has 0 aliphatic carbocycles. The van der Waals surface area contributed by atoms with Crippen LogP contribution in [0, 0.1) is 0 Å². The van der Waals surface area contributed by atoms with E-state index in [9.17, 15) is 26.4 Å². The molecule has 138 valence electrons. The van der Waals surface area contributed by atoms with Gasteiger partial charge in [0.2, 0.25) is 0 Å². The number of ether oxygens (including phenoxy) is 1. The standard InChI is InChI=1S/C16H13F3N2O4S/c1-15(2)9-12(21-7-3-6-20-14(21)22)11-8-10(4-5-13(11)25-15)26(23,24)16(17,18)19/h3-9H,1-2H3. The Kier molecular flexibility index (Phi) is 3.98. The van der Waals surface area contributed by atoms with E-state index in [1.165, 1.54) is 24.5 Å². The molecule has 3 rings (SSSR count). The number of halogens is 3. The Labute approximate surface area is 146 Å². The highest BCUT2D eigenvalue weighted by atomic mass is 32.2. The van der Waals surface area contributed by atoms with E-state index in [1.807, 2.05) is 0 Å². The zero-order valence-electron chi connectivity index (χ0n) is 13.6. The number of alkyl halides is 3. The van der Waals surface area contributed by atoms with Crippen LogP contribution in [0.15, 0.2) is 52.4 Å². The first-order valence-corrected chi connectivity index (χ1v) is 8.82. The smallest absolute Gasteiger partial charge is 0.483 e. The Morgan fingerprint density at radius 2 is 1.92 bits per heavy atom. The maximum atomic E-state index is 12.9. The van der Waals surface area contributed by atoms with Crippen molar-refractivity contribution in [3.63, 3.8) is 0 Å². The third-order valence-corrected chi connectivity index (χ3v) is 5.16. The highest BCUT2D eigenvalue weighted by Gasteiger charge is 2.47. The predicted octanol–water partition coefficient (Wildman–Crippen LogP) is 2.60. The molecule has 0 N–H and O–H groups in total. The maximum absolute atomic E-state index is 12.9. The predicted molar refractivity (Wildman–Crippen MR) is 86.3 cm³/mol. The molecule has 0 amide bonds. The van der Waals surface area contributed by atoms with Gasteiger partial charge in [-0.1, -0.05) is 0 Å². The van der Waals surface area contributed by atoms with Gasteiger partial charge in [-0.2, -0.15) is 13.2 Å². The molecule has 0 spiro atoms. The van der Waals surface area contributed by atoms with Gasteiger partial charge in [-0.25, -0.2) is 18.2 Å². The molecule has 2 aromatic rings. The minimum Gasteiger partial charge on any atom is -0.483 e. The molecule has 1 aliphatic rings. The second-order valence-electron chi connectivity index (χ2n) is 6.11. The van der Waals surface area contributed by atoms with Gasteiger partial charge < -0.3 is 4.74 Å². The molecule has 0 atom stereocenters. The third kappa shape index (κ3) is 3.00. The summed E-state index contributed by atoms with van der Waals surface area (Å²) in [6.45, 7) is 3.38. The fourth-order valence-corrected chi connectivity index (χ4v) is 3.35. The summed E-state index contributed by atoms with van der Waals surface area (Å²) in [5.41, 5.74) is -6.74. The lowest BCUT2D eigenvalue weighted by atomic mass is 9.99. The van der Waals surface area contributed by atoms with Crippen molar-refractivity contribution in [1.29, 1.82) is 0 Å². The van der Waals surface area contributed by atoms with E-state index >= 15 is 0 Å². The zero-order valence-corrected chi connectivity index (χ0v) is 14.4. The van der Waals surface area contributed by atoms with Crippen molar-refractivity contribution in [2.45, 2.75) is 29.9 Å². The van der Waals surface area contributed by atoms with Crippen LogP contribution in [0.1, 0.15) is 19.4 Å². The molecular formula is C16H13F3N2O4S. The summed E-state index contributed by atoms with van der Waals surface area (Å²) in [5.74, 6) is 0.157. The number of hydrogen-bond acceptors (Lipinski definition) is 5. The van der Waals surface area contributed by atoms with E-state index in [4.69, 9.17) is 4.74 Å². The number of sulfone groups is 1. The van der Waals surface area contributed by atoms with Crippen LogP contribution in [0.4, 0.5) is 13.2 Å². The van der Waals surface area contributed by atoms with Crippen molar-refractivity contribution in [3.8, 4) is 5.75 Å². The zero-order chi connectivity index (χ0) is 19.3. The molecular weight excluding hydrogens is 373 g/mol. The number of aromatic nitrogens is 2. The van der Waals surface area contributed by atoms with Crippen LogP contribution >= 0.6 is 0 Å². The summed E-state index contributed by atoms with van der Waals surface area (Å²) in [6.07, 6.45) is 4.18. The monoisotopic (exact) mass is 386 g/mol. The topological polar surface area (TPSA) is 78.3 Å². The first kappa shape index (κ1) is 18.2. The van der Waals surface area contributed by atoms with E-state index in [-0.39, 0.29) is 17.0 Å². The lowest BCUT2D eigenvalue weighted by molar-refractivity contribution is -0.0436. The van der Waals surface area contributed by atoms with Crippen LogP contribution in [-0.2, 0) is 9.84 Å². The van der Waals surface area contributed by atoms with E-state index < -0.39 is 31.5 Å². The van der Waals surface area contributed by atoms with Crippen molar-refractivity contribution in [1.82, 2.24) is 9.55 Å². The van der Waals surface area contributed by atoms with Gasteiger partial charge in [0.15, 0.2) is 0 Å². The molecule has 6 nitrogen and oxygen atoms in total. The molecule has 2 heterocycles. The molecule has 0 radical (unpaired) electrons. The second-order valence-corrected chi connectivity index (χ2v) is 8.06. The normalized spacial score (nSPS) is 16.4. The van der Waals surface area contributed by atoms with Gasteiger partial charge in [0.05, 0.1) is 10.6 Å². The summed E-state index contributed by atoms with van der Waals surface area (Å²) in [7, 11) is -5.54. The van der Waals surface area contributed by atoms with E-state index in [0.717, 1.165) is 22.8 Å². The van der Waals surface area contributed by atoms with Crippen LogP contribution in [-0.4, -0.2) is 29.1 Å². The Hall–Kier alpha value is -2.62. The fraction of sp³-hybridized carbons (Fsp3) is 0.250. The van der Waals surface area contributed by atoms with Crippen molar-refractivity contribution < 1.29 is 26.3 Å². The van der Waals surface area contributed by atoms with Gasteiger partial charge in [-0.05, 0) is 44.2 Å². The summed E-state index contributed by atoms with van der Waals surface area (Å²) in [4.78, 5) is 14.7. The quantitative estimate of drug-likeness (QED) is 0.793. The number of hydrogen-bond donors (Lipinski definition) is 0. The maximum Gasteiger partial charge on any atom is 0.501 e. The molecule has 0 saturated heterocycles. The number of fused-ring (bicyclic) bond motifs is 1. The summed E-state index contributed by atoms with van der Waals surface area (Å²) >= 11 is 0. The van der Waals surface area contributed by atoms with Crippen LogP contribution < -0.4 is 10.4 Å². The average molecular weight is 386 g/mol. The van der Waals surface area contributed by atoms with Crippen molar-refractivity contribution in [2.75, 3.05) is 0 Å². The minimum atomic E-state index is -5.54. The summed E-state index contributed by atoms with van der Waals surface area (Å²) in [6, 6.07) is 4.29. The van der Waals surface area contributed by atoms with Crippen LogP contribution in [0.2, 0.25) is 0 Å². The lowest BCUT2D eigenvalue weighted by Gasteiger charge is -2.31. The van der Waals surface area contributed by atoms with Crippen LogP contribution in [0.25, 0.3) is 5.70 Å². The van der Waals surface area contributed by atoms with Gasteiger partial charge in [-0.3, -0.25) is 4.57 Å². The Morgan fingerprint density at radius 1 is 1.23 bits per heavy atom. The third-order valence-electron chi connectivity index (χ3n) is 3.67. The molecule has 1 aromatic carbocycles. The van der Waals surface area contributed by atoms with Gasteiger partial charge in [-0.15, -0.1) is 0 Å². The SMILES string of the molecule is CC1(C)C=C(n2cccnc2=O)c2cc(S(=O)(=O)C(F)(F)F)ccc2O1. The highest BCUT2D eigenvalue weighted by molar-refractivity contribution is 7.92. The second kappa shape index (κ2) is 5.70. The van der Waals surface area contributed by atoms with Crippen molar-refractivity contribution >= 4 is 15.5 Å². The first-order chi connectivity index (χ1) is 11.9. The fourth-order valence-electron chi connectivity index (χ4n) is 2.56. The number of benzene rings is 1. The van der Waals surface area contributed by atoms with Crippen molar-refractivity contribution in [3.05, 3.63) is 58.8 Å². The van der Waals surface area contributed by atoms with Gasteiger partial charge >= 0.3 is 11.2 Å². The summed E-state index contributed by atoms with van der Waals surface area (Å²) in [5, 5.41) is 0. The van der Waals surface area contributed by atoms with Gasteiger partial charge in [0.1, 0.15) is 11.4 Å². The van der Waals surface area contributed by atoms with E-state index in [0.29, 0.717) is 0 Å². The summed E-state index contributed by atoms with van der Waals surface area (Å²) < 4.78 is 68.8. The Balaban J connectivity index is 2.27. The highest BCUT2D eigenvalue weighted by Crippen LogP contribution is 2.39.